The monoisotopic (exact) mass is 667 g/mol. The summed E-state index contributed by atoms with van der Waals surface area (Å²) >= 11 is 0. The van der Waals surface area contributed by atoms with Gasteiger partial charge in [0, 0.05) is 36.4 Å². The van der Waals surface area contributed by atoms with E-state index >= 15 is 0 Å². The number of carbonyl (C=O) groups excluding carboxylic acids is 2. The summed E-state index contributed by atoms with van der Waals surface area (Å²) in [7, 11) is 5.31. The number of carbonyl (C=O) groups is 2. The lowest BCUT2D eigenvalue weighted by Crippen LogP contribution is -2.60. The van der Waals surface area contributed by atoms with Crippen molar-refractivity contribution < 1.29 is 43.9 Å². The van der Waals surface area contributed by atoms with E-state index in [4.69, 9.17) is 24.0 Å². The Labute approximate surface area is 281 Å². The number of hydrogen-bond donors (Lipinski definition) is 3. The molecule has 0 aromatic carbocycles. The number of likely N-dealkylation sites (N-methyl/N-ethyl adjacent to an activating group) is 1. The van der Waals surface area contributed by atoms with Gasteiger partial charge >= 0.3 is 5.97 Å². The van der Waals surface area contributed by atoms with E-state index in [1.807, 2.05) is 39.8 Å². The SMILES string of the molecule is CC[C@H]1OC(=O)[C@H](C)C(=O)[C@H](C)[C@@H](OC2OC(C)CC(N(C)C)C2O)[C@](C)(OC)C[C@@H](C)/C(=N\N=C2CCCC2)[C@H](C)[C@@H](O)[C@]1(C)O. The second-order valence-corrected chi connectivity index (χ2v) is 14.9. The number of aliphatic hydroxyl groups excluding tert-OH is 2. The van der Waals surface area contributed by atoms with Crippen LogP contribution in [-0.4, -0.2) is 119 Å². The van der Waals surface area contributed by atoms with Crippen LogP contribution in [-0.2, 0) is 28.5 Å². The maximum absolute atomic E-state index is 14.1. The highest BCUT2D eigenvalue weighted by Crippen LogP contribution is 2.38. The van der Waals surface area contributed by atoms with Crippen molar-refractivity contribution in [3.05, 3.63) is 0 Å². The Balaban J connectivity index is 2.17. The molecular weight excluding hydrogens is 606 g/mol. The average Bonchev–Trinajstić information content (AvgIpc) is 3.55. The number of esters is 1. The standard InChI is InChI=1S/C35H61N3O9/c1-12-26-35(8,43)30(41)21(4)27(37-36-24-15-13-14-16-24)19(2)18-34(7,44-11)31(22(5)28(39)23(6)32(42)46-26)47-33-29(40)25(38(9)10)17-20(3)45-33/h19-23,25-26,29-31,33,40-41,43H,12-18H2,1-11H3/b37-27+/t19-,20?,21+,22+,23-,25?,26-,29?,30-,31-,33?,34-,35-/m1/s1. The van der Waals surface area contributed by atoms with Crippen LogP contribution < -0.4 is 0 Å². The zero-order chi connectivity index (χ0) is 35.4. The summed E-state index contributed by atoms with van der Waals surface area (Å²) in [4.78, 5) is 29.5. The largest absolute Gasteiger partial charge is 0.459 e. The van der Waals surface area contributed by atoms with Crippen LogP contribution in [0, 0.1) is 23.7 Å². The summed E-state index contributed by atoms with van der Waals surface area (Å²) in [5, 5.41) is 44.0. The third-order valence-electron chi connectivity index (χ3n) is 10.8. The van der Waals surface area contributed by atoms with Gasteiger partial charge in [-0.25, -0.2) is 0 Å². The molecule has 0 bridgehead atoms. The van der Waals surface area contributed by atoms with Crippen LogP contribution in [0.3, 0.4) is 0 Å². The van der Waals surface area contributed by atoms with E-state index in [1.165, 1.54) is 21.0 Å². The molecule has 2 saturated heterocycles. The van der Waals surface area contributed by atoms with Crippen molar-refractivity contribution in [3.63, 3.8) is 0 Å². The molecule has 13 atom stereocenters. The lowest BCUT2D eigenvalue weighted by Gasteiger charge is -2.47. The molecule has 12 nitrogen and oxygen atoms in total. The molecule has 3 rings (SSSR count). The predicted octanol–water partition coefficient (Wildman–Crippen LogP) is 3.52. The van der Waals surface area contributed by atoms with E-state index in [0.29, 0.717) is 12.1 Å². The lowest BCUT2D eigenvalue weighted by molar-refractivity contribution is -0.295. The average molecular weight is 668 g/mol. The third kappa shape index (κ3) is 8.87. The van der Waals surface area contributed by atoms with Crippen molar-refractivity contribution >= 4 is 23.2 Å². The molecule has 0 aromatic heterocycles. The highest BCUT2D eigenvalue weighted by Gasteiger charge is 2.51. The lowest BCUT2D eigenvalue weighted by atomic mass is 9.74. The van der Waals surface area contributed by atoms with Crippen molar-refractivity contribution in [3.8, 4) is 0 Å². The van der Waals surface area contributed by atoms with E-state index in [1.54, 1.807) is 20.8 Å². The molecule has 3 N–H and O–H groups in total. The van der Waals surface area contributed by atoms with Crippen molar-refractivity contribution in [1.29, 1.82) is 0 Å². The van der Waals surface area contributed by atoms with Gasteiger partial charge in [0.1, 0.15) is 23.7 Å². The van der Waals surface area contributed by atoms with Crippen LogP contribution in [0.5, 0.6) is 0 Å². The van der Waals surface area contributed by atoms with Gasteiger partial charge in [-0.1, -0.05) is 27.7 Å². The van der Waals surface area contributed by atoms with Gasteiger partial charge in [0.05, 0.1) is 23.9 Å². The van der Waals surface area contributed by atoms with Gasteiger partial charge in [0.25, 0.3) is 0 Å². The fourth-order valence-electron chi connectivity index (χ4n) is 7.64. The molecule has 0 radical (unpaired) electrons. The molecule has 3 fully saturated rings. The van der Waals surface area contributed by atoms with Crippen LogP contribution in [0.4, 0.5) is 0 Å². The number of rotatable bonds is 6. The molecule has 0 aromatic rings. The number of cyclic esters (lactones) is 1. The molecule has 0 spiro atoms. The van der Waals surface area contributed by atoms with Gasteiger partial charge < -0.3 is 39.2 Å². The smallest absolute Gasteiger partial charge is 0.316 e. The van der Waals surface area contributed by atoms with Crippen molar-refractivity contribution in [2.24, 2.45) is 33.9 Å². The number of ether oxygens (including phenoxy) is 4. The third-order valence-corrected chi connectivity index (χ3v) is 10.8. The second kappa shape index (κ2) is 16.3. The second-order valence-electron chi connectivity index (χ2n) is 14.9. The Hall–Kier alpha value is -1.80. The normalized spacial score (nSPS) is 44.0. The van der Waals surface area contributed by atoms with Crippen LogP contribution in [0.25, 0.3) is 0 Å². The summed E-state index contributed by atoms with van der Waals surface area (Å²) in [6.45, 7) is 13.8. The minimum absolute atomic E-state index is 0.207. The first-order chi connectivity index (χ1) is 21.9. The molecule has 4 unspecified atom stereocenters. The number of Topliss-reactive ketones (excluding diaryl/α,β-unsaturated/α-hetero) is 1. The highest BCUT2D eigenvalue weighted by molar-refractivity contribution is 6.00. The molecule has 3 aliphatic rings. The first-order valence-corrected chi connectivity index (χ1v) is 17.4. The number of aliphatic hydroxyl groups is 3. The molecule has 2 aliphatic heterocycles. The molecule has 270 valence electrons. The molecule has 12 heteroatoms. The fraction of sp³-hybridized carbons (Fsp3) is 0.886. The van der Waals surface area contributed by atoms with Gasteiger partial charge in [-0.3, -0.25) is 9.59 Å². The van der Waals surface area contributed by atoms with Gasteiger partial charge in [-0.15, -0.1) is 0 Å². The van der Waals surface area contributed by atoms with E-state index in [2.05, 4.69) is 5.10 Å². The van der Waals surface area contributed by atoms with E-state index in [0.717, 1.165) is 31.4 Å². The van der Waals surface area contributed by atoms with Crippen LogP contribution in [0.15, 0.2) is 10.2 Å². The van der Waals surface area contributed by atoms with Crippen molar-refractivity contribution in [2.45, 2.75) is 154 Å². The van der Waals surface area contributed by atoms with Crippen molar-refractivity contribution in [2.75, 3.05) is 21.2 Å². The Morgan fingerprint density at radius 3 is 2.17 bits per heavy atom. The minimum atomic E-state index is -1.85. The van der Waals surface area contributed by atoms with Gasteiger partial charge in [-0.05, 0) is 92.7 Å². The van der Waals surface area contributed by atoms with Crippen LogP contribution in [0.2, 0.25) is 0 Å². The molecule has 2 heterocycles. The number of nitrogens with zero attached hydrogens (tertiary/aromatic N) is 3. The Morgan fingerprint density at radius 2 is 1.62 bits per heavy atom. The quantitative estimate of drug-likeness (QED) is 0.217. The van der Waals surface area contributed by atoms with Crippen molar-refractivity contribution in [1.82, 2.24) is 4.90 Å². The highest BCUT2D eigenvalue weighted by atomic mass is 16.7. The number of ketones is 1. The zero-order valence-electron chi connectivity index (χ0n) is 30.4. The fourth-order valence-corrected chi connectivity index (χ4v) is 7.64. The number of hydrogen-bond acceptors (Lipinski definition) is 12. The first kappa shape index (κ1) is 39.6. The summed E-state index contributed by atoms with van der Waals surface area (Å²) in [5.74, 6) is -4.42. The van der Waals surface area contributed by atoms with E-state index < -0.39 is 71.4 Å². The topological polar surface area (TPSA) is 160 Å². The molecule has 47 heavy (non-hydrogen) atoms. The summed E-state index contributed by atoms with van der Waals surface area (Å²) in [6.07, 6.45) is -0.873. The molecular formula is C35H61N3O9. The number of methoxy groups -OCH3 is 1. The molecule has 0 amide bonds. The van der Waals surface area contributed by atoms with Crippen LogP contribution in [0.1, 0.15) is 100 Å². The Kier molecular flexibility index (Phi) is 13.7. The Morgan fingerprint density at radius 1 is 1.00 bits per heavy atom. The maximum Gasteiger partial charge on any atom is 0.316 e. The minimum Gasteiger partial charge on any atom is -0.459 e. The predicted molar refractivity (Wildman–Crippen MR) is 179 cm³/mol. The van der Waals surface area contributed by atoms with E-state index in [9.17, 15) is 24.9 Å². The maximum atomic E-state index is 14.1. The summed E-state index contributed by atoms with van der Waals surface area (Å²) < 4.78 is 24.7. The summed E-state index contributed by atoms with van der Waals surface area (Å²) in [6, 6.07) is -0.246. The van der Waals surface area contributed by atoms with Gasteiger partial charge in [0.2, 0.25) is 0 Å². The molecule has 1 saturated carbocycles. The first-order valence-electron chi connectivity index (χ1n) is 17.4. The molecule has 1 aliphatic carbocycles. The van der Waals surface area contributed by atoms with Gasteiger partial charge in [0.15, 0.2) is 12.1 Å². The van der Waals surface area contributed by atoms with Crippen LogP contribution >= 0.6 is 0 Å². The van der Waals surface area contributed by atoms with E-state index in [-0.39, 0.29) is 30.9 Å². The zero-order valence-corrected chi connectivity index (χ0v) is 30.4. The summed E-state index contributed by atoms with van der Waals surface area (Å²) in [5.41, 5.74) is -1.50. The van der Waals surface area contributed by atoms with Gasteiger partial charge in [-0.2, -0.15) is 10.2 Å². The Bertz CT molecular complexity index is 1140.